The van der Waals surface area contributed by atoms with Gasteiger partial charge in [0.15, 0.2) is 0 Å². The topological polar surface area (TPSA) is 75.2 Å². The van der Waals surface area contributed by atoms with Gasteiger partial charge in [-0.25, -0.2) is 4.98 Å². The van der Waals surface area contributed by atoms with Crippen LogP contribution in [0, 0.1) is 0 Å². The number of aromatic nitrogens is 3. The SMILES string of the molecule is CN(C)[C@H]1CC[C@H](Nc2nc(Nc3cnsc3)nc3sc4c(c23)CC(C)(C)OC4)CC1. The number of rotatable bonds is 5. The van der Waals surface area contributed by atoms with Gasteiger partial charge in [-0.15, -0.1) is 11.3 Å². The number of hydrogen-bond acceptors (Lipinski definition) is 9. The fourth-order valence-electron chi connectivity index (χ4n) is 4.63. The summed E-state index contributed by atoms with van der Waals surface area (Å²) < 4.78 is 10.3. The van der Waals surface area contributed by atoms with Crippen LogP contribution in [0.3, 0.4) is 0 Å². The van der Waals surface area contributed by atoms with E-state index in [1.54, 1.807) is 11.3 Å². The van der Waals surface area contributed by atoms with E-state index < -0.39 is 0 Å². The highest BCUT2D eigenvalue weighted by atomic mass is 32.1. The van der Waals surface area contributed by atoms with Crippen molar-refractivity contribution in [2.45, 2.75) is 70.2 Å². The first-order valence-corrected chi connectivity index (χ1v) is 12.6. The Hall–Kier alpha value is -1.81. The molecule has 0 unspecified atom stereocenters. The highest BCUT2D eigenvalue weighted by molar-refractivity contribution is 7.19. The lowest BCUT2D eigenvalue weighted by Crippen LogP contribution is -2.36. The maximum absolute atomic E-state index is 6.08. The Labute approximate surface area is 191 Å². The largest absolute Gasteiger partial charge is 0.370 e. The second-order valence-electron chi connectivity index (χ2n) is 9.46. The molecule has 0 radical (unpaired) electrons. The highest BCUT2D eigenvalue weighted by Crippen LogP contribution is 2.42. The molecule has 1 aliphatic carbocycles. The molecule has 4 heterocycles. The molecule has 2 N–H and O–H groups in total. The number of fused-ring (bicyclic) bond motifs is 3. The summed E-state index contributed by atoms with van der Waals surface area (Å²) in [6, 6.07) is 1.12. The minimum absolute atomic E-state index is 0.165. The van der Waals surface area contributed by atoms with Crippen LogP contribution in [0.5, 0.6) is 0 Å². The normalized spacial score (nSPS) is 23.1. The molecule has 31 heavy (non-hydrogen) atoms. The van der Waals surface area contributed by atoms with Crippen LogP contribution in [-0.4, -0.2) is 51.0 Å². The lowest BCUT2D eigenvalue weighted by molar-refractivity contribution is -0.0379. The van der Waals surface area contributed by atoms with E-state index in [1.807, 2.05) is 11.6 Å². The molecular formula is C22H30N6OS2. The number of hydrogen-bond donors (Lipinski definition) is 2. The van der Waals surface area contributed by atoms with Crippen LogP contribution in [0.25, 0.3) is 10.2 Å². The molecule has 2 aliphatic rings. The Balaban J connectivity index is 1.50. The van der Waals surface area contributed by atoms with Crippen LogP contribution in [0.4, 0.5) is 17.5 Å². The minimum atomic E-state index is -0.165. The number of nitrogens with one attached hydrogen (secondary N) is 2. The van der Waals surface area contributed by atoms with Crippen LogP contribution in [0.15, 0.2) is 11.6 Å². The van der Waals surface area contributed by atoms with Gasteiger partial charge in [0.25, 0.3) is 0 Å². The molecule has 0 aromatic carbocycles. The van der Waals surface area contributed by atoms with E-state index in [2.05, 4.69) is 47.8 Å². The molecule has 0 amide bonds. The van der Waals surface area contributed by atoms with Gasteiger partial charge in [0.2, 0.25) is 5.95 Å². The van der Waals surface area contributed by atoms with E-state index >= 15 is 0 Å². The van der Waals surface area contributed by atoms with Gasteiger partial charge >= 0.3 is 0 Å². The molecule has 5 rings (SSSR count). The summed E-state index contributed by atoms with van der Waals surface area (Å²) in [7, 11) is 4.37. The zero-order valence-electron chi connectivity index (χ0n) is 18.6. The van der Waals surface area contributed by atoms with Crippen molar-refractivity contribution in [3.05, 3.63) is 22.0 Å². The van der Waals surface area contributed by atoms with Crippen LogP contribution in [0.2, 0.25) is 0 Å². The predicted molar refractivity (Wildman–Crippen MR) is 129 cm³/mol. The van der Waals surface area contributed by atoms with Crippen molar-refractivity contribution in [3.8, 4) is 0 Å². The number of anilines is 3. The van der Waals surface area contributed by atoms with Gasteiger partial charge in [0, 0.05) is 28.8 Å². The monoisotopic (exact) mass is 458 g/mol. The molecule has 3 aromatic rings. The van der Waals surface area contributed by atoms with Gasteiger partial charge < -0.3 is 20.3 Å². The standard InChI is InChI=1S/C22H30N6OS2/c1-22(2)9-16-17(11-29-22)31-20-18(16)19(24-13-5-7-15(8-6-13)28(3)4)26-21(27-20)25-14-10-23-30-12-14/h10,12-13,15H,5-9,11H2,1-4H3,(H2,24,25,26,27)/t13-,15-. The van der Waals surface area contributed by atoms with Gasteiger partial charge in [0.05, 0.1) is 29.5 Å². The van der Waals surface area contributed by atoms with Gasteiger partial charge in [0.1, 0.15) is 10.6 Å². The first-order chi connectivity index (χ1) is 14.9. The van der Waals surface area contributed by atoms with Crippen LogP contribution in [0.1, 0.15) is 50.0 Å². The third-order valence-corrected chi connectivity index (χ3v) is 8.07. The molecule has 0 atom stereocenters. The Morgan fingerprint density at radius 2 is 1.97 bits per heavy atom. The Morgan fingerprint density at radius 3 is 2.68 bits per heavy atom. The molecule has 0 bridgehead atoms. The predicted octanol–water partition coefficient (Wildman–Crippen LogP) is 5.03. The molecule has 166 valence electrons. The second kappa shape index (κ2) is 8.27. The van der Waals surface area contributed by atoms with Crippen molar-refractivity contribution in [3.63, 3.8) is 0 Å². The molecule has 9 heteroatoms. The summed E-state index contributed by atoms with van der Waals surface area (Å²) in [5.74, 6) is 1.58. The van der Waals surface area contributed by atoms with Crippen LogP contribution >= 0.6 is 22.9 Å². The van der Waals surface area contributed by atoms with E-state index in [0.29, 0.717) is 24.6 Å². The smallest absolute Gasteiger partial charge is 0.230 e. The minimum Gasteiger partial charge on any atom is -0.370 e. The third-order valence-electron chi connectivity index (χ3n) is 6.39. The summed E-state index contributed by atoms with van der Waals surface area (Å²) in [6.07, 6.45) is 7.44. The summed E-state index contributed by atoms with van der Waals surface area (Å²) in [5.41, 5.74) is 2.11. The quantitative estimate of drug-likeness (QED) is 0.555. The maximum atomic E-state index is 6.08. The molecule has 3 aromatic heterocycles. The van der Waals surface area contributed by atoms with E-state index in [1.165, 1.54) is 40.2 Å². The second-order valence-corrected chi connectivity index (χ2v) is 11.2. The van der Waals surface area contributed by atoms with Gasteiger partial charge in [-0.1, -0.05) is 0 Å². The summed E-state index contributed by atoms with van der Waals surface area (Å²) in [6.45, 7) is 4.97. The van der Waals surface area contributed by atoms with Crippen LogP contribution in [-0.2, 0) is 17.8 Å². The van der Waals surface area contributed by atoms with Gasteiger partial charge in [-0.3, -0.25) is 0 Å². The molecule has 1 fully saturated rings. The van der Waals surface area contributed by atoms with Crippen molar-refractivity contribution in [1.82, 2.24) is 19.2 Å². The summed E-state index contributed by atoms with van der Waals surface area (Å²) >= 11 is 3.15. The van der Waals surface area contributed by atoms with E-state index in [9.17, 15) is 0 Å². The van der Waals surface area contributed by atoms with Crippen LogP contribution < -0.4 is 10.6 Å². The lowest BCUT2D eigenvalue weighted by Gasteiger charge is -2.33. The first kappa shape index (κ1) is 21.1. The Kier molecular flexibility index (Phi) is 5.62. The first-order valence-electron chi connectivity index (χ1n) is 10.9. The molecule has 7 nitrogen and oxygen atoms in total. The Morgan fingerprint density at radius 1 is 1.16 bits per heavy atom. The number of nitrogens with zero attached hydrogens (tertiary/aromatic N) is 4. The zero-order valence-corrected chi connectivity index (χ0v) is 20.2. The average Bonchev–Trinajstić information content (AvgIpc) is 3.35. The lowest BCUT2D eigenvalue weighted by atomic mass is 9.90. The van der Waals surface area contributed by atoms with Crippen molar-refractivity contribution in [2.24, 2.45) is 0 Å². The summed E-state index contributed by atoms with van der Waals surface area (Å²) in [5, 5.41) is 10.3. The molecule has 0 saturated heterocycles. The van der Waals surface area contributed by atoms with E-state index in [4.69, 9.17) is 14.7 Å². The highest BCUT2D eigenvalue weighted by Gasteiger charge is 2.32. The zero-order chi connectivity index (χ0) is 21.6. The van der Waals surface area contributed by atoms with Gasteiger partial charge in [-0.2, -0.15) is 9.36 Å². The molecule has 0 spiro atoms. The van der Waals surface area contributed by atoms with Crippen molar-refractivity contribution < 1.29 is 4.74 Å². The van der Waals surface area contributed by atoms with E-state index in [0.717, 1.165) is 35.6 Å². The van der Waals surface area contributed by atoms with Gasteiger partial charge in [-0.05, 0) is 70.7 Å². The molecule has 1 aliphatic heterocycles. The van der Waals surface area contributed by atoms with Crippen molar-refractivity contribution >= 4 is 50.5 Å². The van der Waals surface area contributed by atoms with E-state index in [-0.39, 0.29) is 5.60 Å². The molecular weight excluding hydrogens is 428 g/mol. The maximum Gasteiger partial charge on any atom is 0.230 e. The fourth-order valence-corrected chi connectivity index (χ4v) is 6.20. The number of thiophene rings is 1. The fraction of sp³-hybridized carbons (Fsp3) is 0.591. The Bertz CT molecular complexity index is 1050. The molecule has 1 saturated carbocycles. The van der Waals surface area contributed by atoms with Crippen molar-refractivity contribution in [2.75, 3.05) is 24.7 Å². The average molecular weight is 459 g/mol. The summed E-state index contributed by atoms with van der Waals surface area (Å²) in [4.78, 5) is 14.5. The third kappa shape index (κ3) is 4.41. The van der Waals surface area contributed by atoms with Crippen molar-refractivity contribution in [1.29, 1.82) is 0 Å². The number of ether oxygens (including phenoxy) is 1.